The van der Waals surface area contributed by atoms with Crippen LogP contribution in [-0.2, 0) is 9.59 Å². The first-order chi connectivity index (χ1) is 14.4. The van der Waals surface area contributed by atoms with Gasteiger partial charge in [-0.25, -0.2) is 4.98 Å². The van der Waals surface area contributed by atoms with Crippen LogP contribution < -0.4 is 10.6 Å². The molecule has 5 nitrogen and oxygen atoms in total. The molecule has 2 aromatic rings. The Morgan fingerprint density at radius 1 is 1.17 bits per heavy atom. The molecule has 4 rings (SSSR count). The van der Waals surface area contributed by atoms with E-state index in [2.05, 4.69) is 15.6 Å². The number of halogens is 2. The number of nitrogens with one attached hydrogen (secondary N) is 2. The van der Waals surface area contributed by atoms with Crippen molar-refractivity contribution >= 4 is 40.7 Å². The molecule has 0 spiro atoms. The minimum absolute atomic E-state index is 0.0212. The molecular weight excluding hydrogens is 421 g/mol. The molecule has 0 bridgehead atoms. The number of hydrogen-bond donors (Lipinski definition) is 2. The van der Waals surface area contributed by atoms with E-state index in [4.69, 9.17) is 23.2 Å². The molecule has 7 heteroatoms. The molecule has 1 aromatic carbocycles. The Kier molecular flexibility index (Phi) is 5.67. The largest absolute Gasteiger partial charge is 0.362 e. The van der Waals surface area contributed by atoms with Gasteiger partial charge in [0.25, 0.3) is 5.91 Å². The average molecular weight is 442 g/mol. The maximum absolute atomic E-state index is 13.3. The van der Waals surface area contributed by atoms with Gasteiger partial charge >= 0.3 is 0 Å². The van der Waals surface area contributed by atoms with Crippen LogP contribution in [0.4, 0.5) is 5.82 Å². The Morgan fingerprint density at radius 3 is 2.70 bits per heavy atom. The van der Waals surface area contributed by atoms with Crippen LogP contribution in [-0.4, -0.2) is 16.7 Å². The Balaban J connectivity index is 1.85. The highest BCUT2D eigenvalue weighted by atomic mass is 35.5. The minimum Gasteiger partial charge on any atom is -0.362 e. The lowest BCUT2D eigenvalue weighted by Crippen LogP contribution is -2.37. The zero-order valence-electron chi connectivity index (χ0n) is 16.6. The van der Waals surface area contributed by atoms with Gasteiger partial charge in [0, 0.05) is 41.1 Å². The second-order valence-electron chi connectivity index (χ2n) is 7.74. The summed E-state index contributed by atoms with van der Waals surface area (Å²) in [6.07, 6.45) is 2.78. The SMILES string of the molecule is CC1=C(C(=O)Nc2ccccn2)C(c2cccc(Cl)c2Cl)C2=C(CC(C)CC2=O)N1. The second-order valence-corrected chi connectivity index (χ2v) is 8.52. The van der Waals surface area contributed by atoms with E-state index in [-0.39, 0.29) is 17.6 Å². The van der Waals surface area contributed by atoms with Gasteiger partial charge < -0.3 is 10.6 Å². The van der Waals surface area contributed by atoms with Gasteiger partial charge in [-0.15, -0.1) is 0 Å². The third kappa shape index (κ3) is 3.75. The molecule has 0 fully saturated rings. The zero-order chi connectivity index (χ0) is 21.4. The van der Waals surface area contributed by atoms with Crippen LogP contribution in [0.5, 0.6) is 0 Å². The third-order valence-corrected chi connectivity index (χ3v) is 6.31. The second kappa shape index (κ2) is 8.25. The molecule has 2 unspecified atom stereocenters. The fourth-order valence-electron chi connectivity index (χ4n) is 4.21. The van der Waals surface area contributed by atoms with Crippen LogP contribution in [0.25, 0.3) is 0 Å². The summed E-state index contributed by atoms with van der Waals surface area (Å²) in [5.74, 6) is -0.250. The highest BCUT2D eigenvalue weighted by Gasteiger charge is 2.40. The highest BCUT2D eigenvalue weighted by Crippen LogP contribution is 2.46. The topological polar surface area (TPSA) is 71.1 Å². The number of dihydropyridines is 1. The van der Waals surface area contributed by atoms with Gasteiger partial charge in [-0.3, -0.25) is 9.59 Å². The fourth-order valence-corrected chi connectivity index (χ4v) is 4.63. The molecule has 1 aromatic heterocycles. The van der Waals surface area contributed by atoms with Crippen molar-refractivity contribution in [1.29, 1.82) is 0 Å². The summed E-state index contributed by atoms with van der Waals surface area (Å²) in [6, 6.07) is 10.6. The molecular formula is C23H21Cl2N3O2. The van der Waals surface area contributed by atoms with E-state index in [0.29, 0.717) is 44.7 Å². The normalized spacial score (nSPS) is 21.3. The van der Waals surface area contributed by atoms with Crippen LogP contribution in [0.3, 0.4) is 0 Å². The summed E-state index contributed by atoms with van der Waals surface area (Å²) in [6.45, 7) is 3.89. The van der Waals surface area contributed by atoms with E-state index in [9.17, 15) is 9.59 Å². The summed E-state index contributed by atoms with van der Waals surface area (Å²) in [5.41, 5.74) is 3.21. The minimum atomic E-state index is -0.601. The van der Waals surface area contributed by atoms with Crippen molar-refractivity contribution in [3.63, 3.8) is 0 Å². The predicted molar refractivity (Wildman–Crippen MR) is 118 cm³/mol. The molecule has 0 saturated heterocycles. The number of ketones is 1. The number of rotatable bonds is 3. The van der Waals surface area contributed by atoms with Crippen LogP contribution in [0.1, 0.15) is 38.2 Å². The summed E-state index contributed by atoms with van der Waals surface area (Å²) >= 11 is 12.8. The fraction of sp³-hybridized carbons (Fsp3) is 0.261. The smallest absolute Gasteiger partial charge is 0.255 e. The number of aromatic nitrogens is 1. The molecule has 2 heterocycles. The first-order valence-corrected chi connectivity index (χ1v) is 10.5. The number of nitrogens with zero attached hydrogens (tertiary/aromatic N) is 1. The first kappa shape index (κ1) is 20.6. The molecule has 30 heavy (non-hydrogen) atoms. The lowest BCUT2D eigenvalue weighted by Gasteiger charge is -2.36. The average Bonchev–Trinajstić information content (AvgIpc) is 2.69. The van der Waals surface area contributed by atoms with Gasteiger partial charge in [-0.05, 0) is 43.0 Å². The summed E-state index contributed by atoms with van der Waals surface area (Å²) < 4.78 is 0. The van der Waals surface area contributed by atoms with Crippen molar-refractivity contribution in [2.75, 3.05) is 5.32 Å². The summed E-state index contributed by atoms with van der Waals surface area (Å²) in [4.78, 5) is 30.6. The number of anilines is 1. The molecule has 1 amide bonds. The van der Waals surface area contributed by atoms with Crippen LogP contribution >= 0.6 is 23.2 Å². The van der Waals surface area contributed by atoms with Crippen molar-refractivity contribution in [2.24, 2.45) is 5.92 Å². The van der Waals surface area contributed by atoms with Crippen LogP contribution in [0.2, 0.25) is 10.0 Å². The number of allylic oxidation sites excluding steroid dienone is 3. The maximum Gasteiger partial charge on any atom is 0.255 e. The van der Waals surface area contributed by atoms with Crippen molar-refractivity contribution in [1.82, 2.24) is 10.3 Å². The lowest BCUT2D eigenvalue weighted by molar-refractivity contribution is -0.117. The van der Waals surface area contributed by atoms with Gasteiger partial charge in [0.05, 0.1) is 10.0 Å². The zero-order valence-corrected chi connectivity index (χ0v) is 18.1. The monoisotopic (exact) mass is 441 g/mol. The van der Waals surface area contributed by atoms with E-state index in [1.54, 1.807) is 36.5 Å². The van der Waals surface area contributed by atoms with Gasteiger partial charge in [0.15, 0.2) is 5.78 Å². The summed E-state index contributed by atoms with van der Waals surface area (Å²) in [7, 11) is 0. The van der Waals surface area contributed by atoms with E-state index in [1.165, 1.54) is 0 Å². The Morgan fingerprint density at radius 2 is 1.97 bits per heavy atom. The molecule has 1 aliphatic heterocycles. The quantitative estimate of drug-likeness (QED) is 0.682. The van der Waals surface area contributed by atoms with E-state index in [0.717, 1.165) is 12.1 Å². The first-order valence-electron chi connectivity index (χ1n) is 9.77. The molecule has 154 valence electrons. The number of hydrogen-bond acceptors (Lipinski definition) is 4. The molecule has 2 atom stereocenters. The Bertz CT molecular complexity index is 1090. The number of carbonyl (C=O) groups excluding carboxylic acids is 2. The standard InChI is InChI=1S/C23H21Cl2N3O2/c1-12-10-16-21(17(29)11-12)20(14-6-5-7-15(24)22(14)25)19(13(2)27-16)23(30)28-18-8-3-4-9-26-18/h3-9,12,20,27H,10-11H2,1-2H3,(H,26,28,30). The third-order valence-electron chi connectivity index (χ3n) is 5.48. The number of pyridine rings is 1. The van der Waals surface area contributed by atoms with Gasteiger partial charge in [0.2, 0.25) is 0 Å². The molecule has 0 radical (unpaired) electrons. The lowest BCUT2D eigenvalue weighted by atomic mass is 9.73. The number of benzene rings is 1. The molecule has 2 N–H and O–H groups in total. The summed E-state index contributed by atoms with van der Waals surface area (Å²) in [5, 5.41) is 6.88. The number of amides is 1. The van der Waals surface area contributed by atoms with E-state index < -0.39 is 5.92 Å². The predicted octanol–water partition coefficient (Wildman–Crippen LogP) is 5.24. The number of Topliss-reactive ketones (excluding diaryl/α,β-unsaturated/α-hetero) is 1. The molecule has 0 saturated carbocycles. The van der Waals surface area contributed by atoms with E-state index in [1.807, 2.05) is 19.9 Å². The highest BCUT2D eigenvalue weighted by molar-refractivity contribution is 6.42. The van der Waals surface area contributed by atoms with Crippen molar-refractivity contribution in [3.8, 4) is 0 Å². The Labute approximate surface area is 185 Å². The molecule has 1 aliphatic carbocycles. The van der Waals surface area contributed by atoms with Crippen molar-refractivity contribution in [3.05, 3.63) is 80.7 Å². The van der Waals surface area contributed by atoms with E-state index >= 15 is 0 Å². The number of carbonyl (C=O) groups is 2. The van der Waals surface area contributed by atoms with Gasteiger partial charge in [-0.2, -0.15) is 0 Å². The van der Waals surface area contributed by atoms with Crippen LogP contribution in [0.15, 0.2) is 65.1 Å². The maximum atomic E-state index is 13.3. The van der Waals surface area contributed by atoms with Crippen LogP contribution in [0, 0.1) is 5.92 Å². The Hall–Kier alpha value is -2.63. The van der Waals surface area contributed by atoms with Gasteiger partial charge in [-0.1, -0.05) is 48.3 Å². The molecule has 2 aliphatic rings. The van der Waals surface area contributed by atoms with Crippen molar-refractivity contribution in [2.45, 2.75) is 32.6 Å². The van der Waals surface area contributed by atoms with Gasteiger partial charge in [0.1, 0.15) is 5.82 Å². The van der Waals surface area contributed by atoms with Crippen molar-refractivity contribution < 1.29 is 9.59 Å².